The SMILES string of the molecule is c1ccc(-c2cccc(-n3c4ccccc4c4cc(-c5cccc(-c6ccccc6N(c6ccccc6)c6ccc7c(c6)-c6ccccc6C7(c6ccccc6)c6ccccc6)c5)ccc43)c2)cc1. The fourth-order valence-corrected chi connectivity index (χ4v) is 11.2. The van der Waals surface area contributed by atoms with Crippen LogP contribution in [0, 0.1) is 0 Å². The van der Waals surface area contributed by atoms with Crippen LogP contribution in [0.5, 0.6) is 0 Å². The van der Waals surface area contributed by atoms with Gasteiger partial charge in [0.05, 0.1) is 22.1 Å². The van der Waals surface area contributed by atoms with Gasteiger partial charge in [0.25, 0.3) is 0 Å². The molecule has 0 N–H and O–H groups in total. The summed E-state index contributed by atoms with van der Waals surface area (Å²) in [5, 5.41) is 2.47. The van der Waals surface area contributed by atoms with E-state index < -0.39 is 5.41 Å². The highest BCUT2D eigenvalue weighted by atomic mass is 15.1. The summed E-state index contributed by atoms with van der Waals surface area (Å²) in [7, 11) is 0. The largest absolute Gasteiger partial charge is 0.310 e. The molecule has 1 aliphatic carbocycles. The maximum absolute atomic E-state index is 2.43. The molecule has 0 saturated heterocycles. The molecular weight excluding hydrogens is 833 g/mol. The van der Waals surface area contributed by atoms with Crippen LogP contribution in [0.25, 0.3) is 72.0 Å². The van der Waals surface area contributed by atoms with E-state index in [0.29, 0.717) is 0 Å². The van der Waals surface area contributed by atoms with Crippen LogP contribution in [0.1, 0.15) is 22.3 Å². The van der Waals surface area contributed by atoms with E-state index in [1.54, 1.807) is 0 Å². The van der Waals surface area contributed by atoms with Crippen molar-refractivity contribution in [2.75, 3.05) is 4.90 Å². The minimum atomic E-state index is -0.464. The zero-order valence-electron chi connectivity index (χ0n) is 38.0. The van der Waals surface area contributed by atoms with Gasteiger partial charge in [-0.15, -0.1) is 0 Å². The van der Waals surface area contributed by atoms with Crippen LogP contribution in [0.15, 0.2) is 279 Å². The van der Waals surface area contributed by atoms with Crippen molar-refractivity contribution < 1.29 is 0 Å². The van der Waals surface area contributed by atoms with Crippen molar-refractivity contribution in [3.8, 4) is 50.2 Å². The molecule has 13 rings (SSSR count). The lowest BCUT2D eigenvalue weighted by molar-refractivity contribution is 0.768. The Kier molecular flexibility index (Phi) is 9.77. The van der Waals surface area contributed by atoms with E-state index in [-0.39, 0.29) is 0 Å². The third-order valence-electron chi connectivity index (χ3n) is 14.3. The standard InChI is InChI=1S/C67H46N2/c1-5-21-47(22-6-1)49-24-20-32-55(44-49)69-65-38-18-15-35-59(65)61-45-50(39-42-66(61)69)48-23-19-25-51(43-48)57-33-14-17-37-64(57)68(54-30-11-4-12-31-54)56-40-41-63-60(46-56)58-34-13-16-36-62(58)67(63,52-26-7-2-8-27-52)53-28-9-3-10-29-53/h1-46H. The highest BCUT2D eigenvalue weighted by Crippen LogP contribution is 2.57. The van der Waals surface area contributed by atoms with E-state index in [1.165, 1.54) is 77.4 Å². The Morgan fingerprint density at radius 1 is 0.290 bits per heavy atom. The Morgan fingerprint density at radius 3 is 1.61 bits per heavy atom. The Hall–Kier alpha value is -8.98. The van der Waals surface area contributed by atoms with Crippen molar-refractivity contribution in [3.05, 3.63) is 301 Å². The highest BCUT2D eigenvalue weighted by molar-refractivity contribution is 6.10. The second-order valence-corrected chi connectivity index (χ2v) is 18.0. The predicted octanol–water partition coefficient (Wildman–Crippen LogP) is 17.6. The number of rotatable bonds is 9. The van der Waals surface area contributed by atoms with Gasteiger partial charge in [-0.2, -0.15) is 0 Å². The molecule has 1 aliphatic rings. The number of benzene rings is 11. The van der Waals surface area contributed by atoms with Crippen LogP contribution in [0.2, 0.25) is 0 Å². The molecule has 324 valence electrons. The average Bonchev–Trinajstić information content (AvgIpc) is 3.92. The molecule has 0 spiro atoms. The van der Waals surface area contributed by atoms with Gasteiger partial charge in [0, 0.05) is 33.4 Å². The summed E-state index contributed by atoms with van der Waals surface area (Å²) in [4.78, 5) is 2.43. The molecular formula is C67H46N2. The predicted molar refractivity (Wildman–Crippen MR) is 289 cm³/mol. The Bertz CT molecular complexity index is 3790. The normalized spacial score (nSPS) is 12.5. The van der Waals surface area contributed by atoms with Crippen LogP contribution < -0.4 is 4.90 Å². The first-order chi connectivity index (χ1) is 34.2. The molecule has 0 radical (unpaired) electrons. The van der Waals surface area contributed by atoms with Crippen molar-refractivity contribution >= 4 is 38.9 Å². The Labute approximate surface area is 403 Å². The fraction of sp³-hybridized carbons (Fsp3) is 0.0149. The van der Waals surface area contributed by atoms with E-state index in [4.69, 9.17) is 0 Å². The lowest BCUT2D eigenvalue weighted by Gasteiger charge is -2.34. The van der Waals surface area contributed by atoms with Gasteiger partial charge in [0.15, 0.2) is 0 Å². The number of hydrogen-bond acceptors (Lipinski definition) is 1. The summed E-state index contributed by atoms with van der Waals surface area (Å²) >= 11 is 0. The van der Waals surface area contributed by atoms with E-state index in [1.807, 2.05) is 0 Å². The Balaban J connectivity index is 0.934. The third-order valence-corrected chi connectivity index (χ3v) is 14.3. The van der Waals surface area contributed by atoms with E-state index >= 15 is 0 Å². The van der Waals surface area contributed by atoms with Gasteiger partial charge in [-0.05, 0) is 128 Å². The molecule has 12 aromatic rings. The van der Waals surface area contributed by atoms with Crippen LogP contribution >= 0.6 is 0 Å². The maximum atomic E-state index is 2.43. The van der Waals surface area contributed by atoms with Gasteiger partial charge in [-0.25, -0.2) is 0 Å². The summed E-state index contributed by atoms with van der Waals surface area (Å²) < 4.78 is 2.41. The van der Waals surface area contributed by atoms with Gasteiger partial charge < -0.3 is 9.47 Å². The number of para-hydroxylation sites is 3. The molecule has 0 amide bonds. The van der Waals surface area contributed by atoms with Gasteiger partial charge in [0.1, 0.15) is 0 Å². The number of anilines is 3. The molecule has 0 unspecified atom stereocenters. The molecule has 0 atom stereocenters. The zero-order valence-corrected chi connectivity index (χ0v) is 38.0. The molecule has 0 fully saturated rings. The summed E-state index contributed by atoms with van der Waals surface area (Å²) in [6.45, 7) is 0. The maximum Gasteiger partial charge on any atom is 0.0713 e. The van der Waals surface area contributed by atoms with Crippen molar-refractivity contribution in [1.82, 2.24) is 4.57 Å². The zero-order chi connectivity index (χ0) is 45.7. The topological polar surface area (TPSA) is 8.17 Å². The highest BCUT2D eigenvalue weighted by Gasteiger charge is 2.46. The molecule has 0 aliphatic heterocycles. The van der Waals surface area contributed by atoms with Crippen LogP contribution in [-0.2, 0) is 5.41 Å². The molecule has 11 aromatic carbocycles. The first-order valence-corrected chi connectivity index (χ1v) is 23.8. The first-order valence-electron chi connectivity index (χ1n) is 23.8. The lowest BCUT2D eigenvalue weighted by atomic mass is 9.68. The summed E-state index contributed by atoms with van der Waals surface area (Å²) in [5.41, 5.74) is 21.1. The van der Waals surface area contributed by atoms with E-state index in [2.05, 4.69) is 289 Å². The number of nitrogens with zero attached hydrogens (tertiary/aromatic N) is 2. The number of aromatic nitrogens is 1. The lowest BCUT2D eigenvalue weighted by Crippen LogP contribution is -2.28. The number of hydrogen-bond donors (Lipinski definition) is 0. The van der Waals surface area contributed by atoms with Gasteiger partial charge in [-0.1, -0.05) is 212 Å². The van der Waals surface area contributed by atoms with Crippen LogP contribution in [0.4, 0.5) is 17.1 Å². The van der Waals surface area contributed by atoms with Gasteiger partial charge >= 0.3 is 0 Å². The smallest absolute Gasteiger partial charge is 0.0713 e. The number of fused-ring (bicyclic) bond motifs is 6. The van der Waals surface area contributed by atoms with Gasteiger partial charge in [-0.3, -0.25) is 0 Å². The summed E-state index contributed by atoms with van der Waals surface area (Å²) in [6.07, 6.45) is 0. The van der Waals surface area contributed by atoms with Crippen LogP contribution in [-0.4, -0.2) is 4.57 Å². The fourth-order valence-electron chi connectivity index (χ4n) is 11.2. The van der Waals surface area contributed by atoms with E-state index in [0.717, 1.165) is 33.9 Å². The van der Waals surface area contributed by atoms with Crippen LogP contribution in [0.3, 0.4) is 0 Å². The second-order valence-electron chi connectivity index (χ2n) is 18.0. The van der Waals surface area contributed by atoms with Crippen molar-refractivity contribution in [3.63, 3.8) is 0 Å². The first kappa shape index (κ1) is 40.3. The van der Waals surface area contributed by atoms with E-state index in [9.17, 15) is 0 Å². The minimum absolute atomic E-state index is 0.464. The average molecular weight is 879 g/mol. The molecule has 0 saturated carbocycles. The molecule has 1 aromatic heterocycles. The summed E-state index contributed by atoms with van der Waals surface area (Å²) in [6, 6.07) is 102. The monoisotopic (exact) mass is 878 g/mol. The minimum Gasteiger partial charge on any atom is -0.310 e. The Morgan fingerprint density at radius 2 is 0.841 bits per heavy atom. The van der Waals surface area contributed by atoms with Gasteiger partial charge in [0.2, 0.25) is 0 Å². The molecule has 2 heteroatoms. The second kappa shape index (κ2) is 16.7. The van der Waals surface area contributed by atoms with Crippen molar-refractivity contribution in [2.45, 2.75) is 5.41 Å². The molecule has 0 bridgehead atoms. The molecule has 69 heavy (non-hydrogen) atoms. The van der Waals surface area contributed by atoms with Crippen molar-refractivity contribution in [1.29, 1.82) is 0 Å². The molecule has 2 nitrogen and oxygen atoms in total. The molecule has 1 heterocycles. The quantitative estimate of drug-likeness (QED) is 0.140. The summed E-state index contributed by atoms with van der Waals surface area (Å²) in [5.74, 6) is 0. The third kappa shape index (κ3) is 6.64. The van der Waals surface area contributed by atoms with Crippen molar-refractivity contribution in [2.24, 2.45) is 0 Å².